The number of aromatic nitrogens is 2. The standard InChI is InChI=1S/C21H18N4O/c1-2-13-8-10-14(11-9-13)17-16(12-22)20(23)26-21-18(17)19(24-25-21)15-6-4-3-5-7-15/h3-11,16-17,23H,2H2,1H3,(H,24,25). The highest BCUT2D eigenvalue weighted by Crippen LogP contribution is 2.45. The molecule has 5 nitrogen and oxygen atoms in total. The number of rotatable bonds is 3. The van der Waals surface area contributed by atoms with Gasteiger partial charge < -0.3 is 4.74 Å². The van der Waals surface area contributed by atoms with Gasteiger partial charge in [-0.05, 0) is 23.1 Å². The molecule has 2 unspecified atom stereocenters. The number of nitrogens with zero attached hydrogens (tertiary/aromatic N) is 2. The lowest BCUT2D eigenvalue weighted by molar-refractivity contribution is 0.437. The molecule has 0 saturated carbocycles. The van der Waals surface area contributed by atoms with E-state index in [1.54, 1.807) is 0 Å². The summed E-state index contributed by atoms with van der Waals surface area (Å²) in [6.45, 7) is 2.11. The van der Waals surface area contributed by atoms with Crippen LogP contribution in [0.3, 0.4) is 0 Å². The first-order valence-electron chi connectivity index (χ1n) is 8.61. The fourth-order valence-electron chi connectivity index (χ4n) is 3.46. The van der Waals surface area contributed by atoms with Crippen LogP contribution in [0.2, 0.25) is 0 Å². The second-order valence-corrected chi connectivity index (χ2v) is 6.33. The molecule has 0 bridgehead atoms. The lowest BCUT2D eigenvalue weighted by atomic mass is 9.78. The minimum atomic E-state index is -0.685. The van der Waals surface area contributed by atoms with E-state index >= 15 is 0 Å². The normalized spacial score (nSPS) is 18.7. The van der Waals surface area contributed by atoms with Gasteiger partial charge in [-0.3, -0.25) is 10.5 Å². The van der Waals surface area contributed by atoms with Crippen LogP contribution < -0.4 is 4.74 Å². The molecule has 3 aromatic rings. The number of nitriles is 1. The molecule has 2 heterocycles. The van der Waals surface area contributed by atoms with Gasteiger partial charge in [0.05, 0.1) is 17.3 Å². The topological polar surface area (TPSA) is 85.5 Å². The lowest BCUT2D eigenvalue weighted by Crippen LogP contribution is -2.30. The fourth-order valence-corrected chi connectivity index (χ4v) is 3.46. The predicted molar refractivity (Wildman–Crippen MR) is 99.1 cm³/mol. The van der Waals surface area contributed by atoms with Crippen molar-refractivity contribution in [2.45, 2.75) is 19.3 Å². The minimum absolute atomic E-state index is 0.0596. The number of fused-ring (bicyclic) bond motifs is 1. The summed E-state index contributed by atoms with van der Waals surface area (Å²) in [5.41, 5.74) is 4.87. The van der Waals surface area contributed by atoms with Crippen molar-refractivity contribution < 1.29 is 4.74 Å². The van der Waals surface area contributed by atoms with Crippen LogP contribution in [0.4, 0.5) is 0 Å². The average Bonchev–Trinajstić information content (AvgIpc) is 3.11. The number of nitrogens with one attached hydrogen (secondary N) is 2. The molecular weight excluding hydrogens is 324 g/mol. The number of H-pyrrole nitrogens is 1. The maximum atomic E-state index is 9.72. The molecule has 1 aliphatic heterocycles. The van der Waals surface area contributed by atoms with E-state index in [1.807, 2.05) is 42.5 Å². The molecule has 128 valence electrons. The van der Waals surface area contributed by atoms with E-state index in [-0.39, 0.29) is 11.8 Å². The highest BCUT2D eigenvalue weighted by molar-refractivity contribution is 5.86. The highest BCUT2D eigenvalue weighted by Gasteiger charge is 2.40. The van der Waals surface area contributed by atoms with Gasteiger partial charge in [0.2, 0.25) is 11.8 Å². The molecule has 0 fully saturated rings. The minimum Gasteiger partial charge on any atom is -0.422 e. The van der Waals surface area contributed by atoms with Crippen LogP contribution in [-0.2, 0) is 6.42 Å². The van der Waals surface area contributed by atoms with Crippen LogP contribution in [0.1, 0.15) is 29.5 Å². The smallest absolute Gasteiger partial charge is 0.244 e. The molecule has 5 heteroatoms. The molecule has 2 atom stereocenters. The van der Waals surface area contributed by atoms with Crippen LogP contribution in [-0.4, -0.2) is 16.1 Å². The Morgan fingerprint density at radius 2 is 1.88 bits per heavy atom. The maximum absolute atomic E-state index is 9.72. The number of hydrogen-bond acceptors (Lipinski definition) is 4. The Hall–Kier alpha value is -3.39. The molecule has 2 aromatic carbocycles. The molecule has 1 aliphatic rings. The first kappa shape index (κ1) is 16.1. The Kier molecular flexibility index (Phi) is 4.02. The average molecular weight is 342 g/mol. The molecule has 0 radical (unpaired) electrons. The Morgan fingerprint density at radius 3 is 2.54 bits per heavy atom. The van der Waals surface area contributed by atoms with E-state index in [1.165, 1.54) is 5.56 Å². The number of hydrogen-bond donors (Lipinski definition) is 2. The van der Waals surface area contributed by atoms with Crippen molar-refractivity contribution >= 4 is 5.90 Å². The molecule has 1 aromatic heterocycles. The largest absolute Gasteiger partial charge is 0.422 e. The van der Waals surface area contributed by atoms with E-state index in [0.717, 1.165) is 28.8 Å². The first-order valence-corrected chi connectivity index (χ1v) is 8.61. The fraction of sp³-hybridized carbons (Fsp3) is 0.190. The summed E-state index contributed by atoms with van der Waals surface area (Å²) in [7, 11) is 0. The molecule has 2 N–H and O–H groups in total. The zero-order valence-corrected chi connectivity index (χ0v) is 14.4. The third-order valence-corrected chi connectivity index (χ3v) is 4.85. The number of ether oxygens (including phenoxy) is 1. The Bertz CT molecular complexity index is 983. The monoisotopic (exact) mass is 342 g/mol. The van der Waals surface area contributed by atoms with Crippen LogP contribution in [0, 0.1) is 22.7 Å². The molecule has 0 amide bonds. The molecule has 26 heavy (non-hydrogen) atoms. The van der Waals surface area contributed by atoms with Crippen LogP contribution in [0.25, 0.3) is 11.3 Å². The van der Waals surface area contributed by atoms with E-state index in [9.17, 15) is 5.26 Å². The Balaban J connectivity index is 1.90. The van der Waals surface area contributed by atoms with E-state index in [4.69, 9.17) is 10.1 Å². The second-order valence-electron chi connectivity index (χ2n) is 6.33. The van der Waals surface area contributed by atoms with Gasteiger partial charge in [-0.1, -0.05) is 61.5 Å². The molecule has 4 rings (SSSR count). The third-order valence-electron chi connectivity index (χ3n) is 4.85. The summed E-state index contributed by atoms with van der Waals surface area (Å²) in [6.07, 6.45) is 0.956. The summed E-state index contributed by atoms with van der Waals surface area (Å²) >= 11 is 0. The van der Waals surface area contributed by atoms with Gasteiger partial charge in [0.15, 0.2) is 0 Å². The summed E-state index contributed by atoms with van der Waals surface area (Å²) in [5.74, 6) is -0.660. The van der Waals surface area contributed by atoms with Crippen molar-refractivity contribution in [2.75, 3.05) is 0 Å². The van der Waals surface area contributed by atoms with Gasteiger partial charge in [0.1, 0.15) is 5.92 Å². The first-order chi connectivity index (χ1) is 12.7. The highest BCUT2D eigenvalue weighted by atomic mass is 16.5. The summed E-state index contributed by atoms with van der Waals surface area (Å²) in [4.78, 5) is 0. The van der Waals surface area contributed by atoms with Gasteiger partial charge in [0, 0.05) is 5.92 Å². The Morgan fingerprint density at radius 1 is 1.15 bits per heavy atom. The summed E-state index contributed by atoms with van der Waals surface area (Å²) in [5, 5.41) is 25.2. The molecule has 0 saturated heterocycles. The zero-order valence-electron chi connectivity index (χ0n) is 14.4. The van der Waals surface area contributed by atoms with Gasteiger partial charge >= 0.3 is 0 Å². The predicted octanol–water partition coefficient (Wildman–Crippen LogP) is 4.28. The zero-order chi connectivity index (χ0) is 18.1. The lowest BCUT2D eigenvalue weighted by Gasteiger charge is -2.28. The quantitative estimate of drug-likeness (QED) is 0.745. The van der Waals surface area contributed by atoms with Crippen LogP contribution in [0.5, 0.6) is 5.88 Å². The van der Waals surface area contributed by atoms with Crippen molar-refractivity contribution in [3.8, 4) is 23.2 Å². The van der Waals surface area contributed by atoms with Crippen molar-refractivity contribution in [1.29, 1.82) is 10.7 Å². The van der Waals surface area contributed by atoms with Crippen LogP contribution >= 0.6 is 0 Å². The van der Waals surface area contributed by atoms with Gasteiger partial charge in [-0.2, -0.15) is 5.26 Å². The van der Waals surface area contributed by atoms with Crippen molar-refractivity contribution in [3.63, 3.8) is 0 Å². The van der Waals surface area contributed by atoms with E-state index < -0.39 is 5.92 Å². The maximum Gasteiger partial charge on any atom is 0.244 e. The van der Waals surface area contributed by atoms with E-state index in [2.05, 4.69) is 35.3 Å². The van der Waals surface area contributed by atoms with Crippen molar-refractivity contribution in [1.82, 2.24) is 10.2 Å². The van der Waals surface area contributed by atoms with Gasteiger partial charge in [-0.25, -0.2) is 0 Å². The van der Waals surface area contributed by atoms with Crippen LogP contribution in [0.15, 0.2) is 54.6 Å². The van der Waals surface area contributed by atoms with Gasteiger partial charge in [-0.15, -0.1) is 5.10 Å². The van der Waals surface area contributed by atoms with Crippen molar-refractivity contribution in [3.05, 3.63) is 71.3 Å². The summed E-state index contributed by atoms with van der Waals surface area (Å²) in [6, 6.07) is 20.3. The van der Waals surface area contributed by atoms with Crippen molar-refractivity contribution in [2.24, 2.45) is 5.92 Å². The Labute approximate surface area is 151 Å². The molecule has 0 aliphatic carbocycles. The number of aromatic amines is 1. The molecular formula is C21H18N4O. The van der Waals surface area contributed by atoms with E-state index in [0.29, 0.717) is 5.88 Å². The SMILES string of the molecule is CCc1ccc(C2c3c(n[nH]c3-c3ccccc3)OC(=N)C2C#N)cc1. The second kappa shape index (κ2) is 6.49. The van der Waals surface area contributed by atoms with Gasteiger partial charge in [0.25, 0.3) is 0 Å². The molecule has 0 spiro atoms. The third kappa shape index (κ3) is 2.56. The number of benzene rings is 2. The number of aryl methyl sites for hydroxylation is 1. The summed E-state index contributed by atoms with van der Waals surface area (Å²) < 4.78 is 5.55.